The van der Waals surface area contributed by atoms with Gasteiger partial charge in [-0.3, -0.25) is 4.79 Å². The van der Waals surface area contributed by atoms with Crippen LogP contribution in [0.25, 0.3) is 0 Å². The zero-order valence-corrected chi connectivity index (χ0v) is 14.8. The molecule has 1 N–H and O–H groups in total. The second-order valence-corrected chi connectivity index (χ2v) is 7.02. The fourth-order valence-corrected chi connectivity index (χ4v) is 2.91. The molecule has 0 saturated carbocycles. The third-order valence-electron chi connectivity index (χ3n) is 4.46. The first-order valence-electron chi connectivity index (χ1n) is 8.56. The average Bonchev–Trinajstić information content (AvgIpc) is 3.01. The number of likely N-dealkylation sites (tertiary alicyclic amines) is 1. The molecule has 0 radical (unpaired) electrons. The number of likely N-dealkylation sites (N-methyl/N-ethyl adjacent to an activating group) is 1. The molecule has 0 aliphatic carbocycles. The summed E-state index contributed by atoms with van der Waals surface area (Å²) in [6.07, 6.45) is 3.64. The lowest BCUT2D eigenvalue weighted by Crippen LogP contribution is -2.41. The molecule has 2 rings (SSSR count). The maximum Gasteiger partial charge on any atom is 0.273 e. The zero-order valence-electron chi connectivity index (χ0n) is 14.8. The maximum atomic E-state index is 12.3. The predicted molar refractivity (Wildman–Crippen MR) is 90.6 cm³/mol. The van der Waals surface area contributed by atoms with E-state index in [9.17, 15) is 4.79 Å². The van der Waals surface area contributed by atoms with E-state index in [1.165, 1.54) is 6.39 Å². The summed E-state index contributed by atoms with van der Waals surface area (Å²) < 4.78 is 5.32. The Bertz CT molecular complexity index is 491. The highest BCUT2D eigenvalue weighted by Crippen LogP contribution is 2.19. The molecule has 1 saturated heterocycles. The smallest absolute Gasteiger partial charge is 0.273 e. The number of nitrogens with zero attached hydrogens (tertiary/aromatic N) is 3. The highest BCUT2D eigenvalue weighted by molar-refractivity contribution is 5.93. The van der Waals surface area contributed by atoms with Crippen molar-refractivity contribution in [1.82, 2.24) is 20.1 Å². The van der Waals surface area contributed by atoms with E-state index in [1.807, 2.05) is 13.8 Å². The minimum absolute atomic E-state index is 0.113. The molecule has 2 heterocycles. The molecule has 1 aliphatic heterocycles. The third kappa shape index (κ3) is 5.32. The molecule has 0 atom stereocenters. The van der Waals surface area contributed by atoms with Gasteiger partial charge in [-0.15, -0.1) is 0 Å². The normalized spacial score (nSPS) is 17.1. The van der Waals surface area contributed by atoms with Crippen molar-refractivity contribution in [2.45, 2.75) is 32.6 Å². The van der Waals surface area contributed by atoms with Crippen molar-refractivity contribution in [2.24, 2.45) is 5.92 Å². The van der Waals surface area contributed by atoms with E-state index in [-0.39, 0.29) is 11.8 Å². The molecule has 130 valence electrons. The van der Waals surface area contributed by atoms with Gasteiger partial charge in [0, 0.05) is 25.6 Å². The van der Waals surface area contributed by atoms with Crippen LogP contribution >= 0.6 is 0 Å². The highest BCUT2D eigenvalue weighted by Gasteiger charge is 2.22. The van der Waals surface area contributed by atoms with Crippen molar-refractivity contribution in [3.8, 4) is 0 Å². The van der Waals surface area contributed by atoms with Crippen molar-refractivity contribution in [1.29, 1.82) is 0 Å². The number of nitrogens with one attached hydrogen (secondary N) is 1. The molecule has 0 aromatic carbocycles. The Balaban J connectivity index is 1.73. The number of aromatic nitrogens is 1. The molecule has 1 fully saturated rings. The van der Waals surface area contributed by atoms with Crippen LogP contribution < -0.4 is 5.32 Å². The molecule has 1 aromatic rings. The molecule has 0 spiro atoms. The molecule has 23 heavy (non-hydrogen) atoms. The maximum absolute atomic E-state index is 12.3. The number of hydrogen-bond acceptors (Lipinski definition) is 5. The lowest BCUT2D eigenvalue weighted by Gasteiger charge is -2.32. The van der Waals surface area contributed by atoms with E-state index in [2.05, 4.69) is 34.2 Å². The Morgan fingerprint density at radius 3 is 2.74 bits per heavy atom. The lowest BCUT2D eigenvalue weighted by molar-refractivity contribution is 0.0928. The van der Waals surface area contributed by atoms with E-state index in [4.69, 9.17) is 4.42 Å². The van der Waals surface area contributed by atoms with Crippen LogP contribution in [0.3, 0.4) is 0 Å². The van der Waals surface area contributed by atoms with Gasteiger partial charge in [0.25, 0.3) is 5.91 Å². The number of carbonyl (C=O) groups excluding carboxylic acids is 1. The molecule has 1 aliphatic rings. The minimum atomic E-state index is -0.113. The van der Waals surface area contributed by atoms with Gasteiger partial charge in [-0.1, -0.05) is 13.8 Å². The van der Waals surface area contributed by atoms with Gasteiger partial charge in [-0.2, -0.15) is 0 Å². The minimum Gasteiger partial charge on any atom is -0.447 e. The summed E-state index contributed by atoms with van der Waals surface area (Å²) in [6.45, 7) is 9.20. The van der Waals surface area contributed by atoms with Gasteiger partial charge in [0.05, 0.1) is 0 Å². The Hall–Kier alpha value is -1.40. The number of amides is 1. The van der Waals surface area contributed by atoms with E-state index in [0.717, 1.165) is 45.6 Å². The quantitative estimate of drug-likeness (QED) is 0.829. The standard InChI is InChI=1S/C17H30N4O2/c1-13(2)16-15(19-12-23-16)17(22)18-11-14-5-7-21(8-6-14)10-9-20(3)4/h12-14H,5-11H2,1-4H3,(H,18,22). The molecule has 1 aromatic heterocycles. The summed E-state index contributed by atoms with van der Waals surface area (Å²) in [7, 11) is 4.22. The summed E-state index contributed by atoms with van der Waals surface area (Å²) in [6, 6.07) is 0. The topological polar surface area (TPSA) is 61.6 Å². The monoisotopic (exact) mass is 322 g/mol. The van der Waals surface area contributed by atoms with Crippen molar-refractivity contribution >= 4 is 5.91 Å². The predicted octanol–water partition coefficient (Wildman–Crippen LogP) is 1.80. The molecule has 0 unspecified atom stereocenters. The van der Waals surface area contributed by atoms with Crippen LogP contribution in [0.4, 0.5) is 0 Å². The van der Waals surface area contributed by atoms with Crippen LogP contribution in [-0.4, -0.2) is 67.5 Å². The van der Waals surface area contributed by atoms with Gasteiger partial charge in [0.1, 0.15) is 5.76 Å². The molecule has 0 bridgehead atoms. The summed E-state index contributed by atoms with van der Waals surface area (Å²) in [5.74, 6) is 1.28. The molecular weight excluding hydrogens is 292 g/mol. The number of oxazole rings is 1. The Kier molecular flexibility index (Phi) is 6.59. The van der Waals surface area contributed by atoms with Gasteiger partial charge in [-0.25, -0.2) is 4.98 Å². The summed E-state index contributed by atoms with van der Waals surface area (Å²) in [5.41, 5.74) is 0.434. The number of carbonyl (C=O) groups is 1. The van der Waals surface area contributed by atoms with Gasteiger partial charge >= 0.3 is 0 Å². The molecule has 6 heteroatoms. The second kappa shape index (κ2) is 8.45. The first-order chi connectivity index (χ1) is 11.0. The number of piperidine rings is 1. The van der Waals surface area contributed by atoms with Crippen molar-refractivity contribution in [2.75, 3.05) is 46.8 Å². The van der Waals surface area contributed by atoms with E-state index in [1.54, 1.807) is 0 Å². The van der Waals surface area contributed by atoms with Crippen LogP contribution in [0.1, 0.15) is 48.9 Å². The number of hydrogen-bond donors (Lipinski definition) is 1. The Morgan fingerprint density at radius 2 is 2.13 bits per heavy atom. The summed E-state index contributed by atoms with van der Waals surface area (Å²) in [5, 5.41) is 3.03. The average molecular weight is 322 g/mol. The van der Waals surface area contributed by atoms with Gasteiger partial charge in [0.15, 0.2) is 12.1 Å². The Morgan fingerprint density at radius 1 is 1.43 bits per heavy atom. The molecular formula is C17H30N4O2. The fourth-order valence-electron chi connectivity index (χ4n) is 2.91. The van der Waals surface area contributed by atoms with Crippen LogP contribution in [0.2, 0.25) is 0 Å². The lowest BCUT2D eigenvalue weighted by atomic mass is 9.96. The van der Waals surface area contributed by atoms with Gasteiger partial charge in [0.2, 0.25) is 0 Å². The molecule has 1 amide bonds. The van der Waals surface area contributed by atoms with Crippen LogP contribution in [0.15, 0.2) is 10.8 Å². The van der Waals surface area contributed by atoms with Crippen LogP contribution in [0, 0.1) is 5.92 Å². The Labute approximate surface area is 139 Å². The van der Waals surface area contributed by atoms with Crippen LogP contribution in [0.5, 0.6) is 0 Å². The van der Waals surface area contributed by atoms with Crippen molar-refractivity contribution < 1.29 is 9.21 Å². The molecule has 6 nitrogen and oxygen atoms in total. The second-order valence-electron chi connectivity index (χ2n) is 7.02. The zero-order chi connectivity index (χ0) is 16.8. The van der Waals surface area contributed by atoms with E-state index in [0.29, 0.717) is 17.4 Å². The third-order valence-corrected chi connectivity index (χ3v) is 4.46. The number of rotatable bonds is 7. The highest BCUT2D eigenvalue weighted by atomic mass is 16.3. The summed E-state index contributed by atoms with van der Waals surface area (Å²) >= 11 is 0. The van der Waals surface area contributed by atoms with Gasteiger partial charge < -0.3 is 19.5 Å². The van der Waals surface area contributed by atoms with Crippen molar-refractivity contribution in [3.63, 3.8) is 0 Å². The first kappa shape index (κ1) is 17.9. The fraction of sp³-hybridized carbons (Fsp3) is 0.765. The van der Waals surface area contributed by atoms with Crippen molar-refractivity contribution in [3.05, 3.63) is 17.8 Å². The van der Waals surface area contributed by atoms with Gasteiger partial charge in [-0.05, 0) is 45.9 Å². The largest absolute Gasteiger partial charge is 0.447 e. The summed E-state index contributed by atoms with van der Waals surface area (Å²) in [4.78, 5) is 21.1. The first-order valence-corrected chi connectivity index (χ1v) is 8.56. The van der Waals surface area contributed by atoms with Crippen LogP contribution in [-0.2, 0) is 0 Å². The van der Waals surface area contributed by atoms with E-state index >= 15 is 0 Å². The van der Waals surface area contributed by atoms with E-state index < -0.39 is 0 Å². The SMILES string of the molecule is CC(C)c1ocnc1C(=O)NCC1CCN(CCN(C)C)CC1.